The van der Waals surface area contributed by atoms with Crippen LogP contribution in [0.4, 0.5) is 0 Å². The van der Waals surface area contributed by atoms with Crippen LogP contribution < -0.4 is 5.32 Å². The average molecular weight is 257 g/mol. The predicted molar refractivity (Wildman–Crippen MR) is 73.3 cm³/mol. The Kier molecular flexibility index (Phi) is 3.57. The second kappa shape index (κ2) is 5.50. The van der Waals surface area contributed by atoms with Gasteiger partial charge in [-0.1, -0.05) is 24.3 Å². The standard InChI is InChI=1S/C14H19N5/c1-15-8-12-4-2-3-5-13(12)9-18-6-7-19-11-16-17-14(19)10-18/h2-5,11,15H,6-10H2,1H3. The van der Waals surface area contributed by atoms with Gasteiger partial charge in [0.25, 0.3) is 0 Å². The third-order valence-corrected chi connectivity index (χ3v) is 3.60. The summed E-state index contributed by atoms with van der Waals surface area (Å²) in [7, 11) is 1.99. The Morgan fingerprint density at radius 3 is 2.89 bits per heavy atom. The zero-order chi connectivity index (χ0) is 13.1. The van der Waals surface area contributed by atoms with Crippen molar-refractivity contribution in [3.63, 3.8) is 0 Å². The van der Waals surface area contributed by atoms with E-state index in [2.05, 4.69) is 49.2 Å². The summed E-state index contributed by atoms with van der Waals surface area (Å²) in [5.74, 6) is 1.07. The number of nitrogens with zero attached hydrogens (tertiary/aromatic N) is 4. The predicted octanol–water partition coefficient (Wildman–Crippen LogP) is 1.01. The van der Waals surface area contributed by atoms with E-state index in [0.29, 0.717) is 0 Å². The molecule has 0 radical (unpaired) electrons. The number of rotatable bonds is 4. The summed E-state index contributed by atoms with van der Waals surface area (Å²) in [5, 5.41) is 11.4. The van der Waals surface area contributed by atoms with E-state index in [9.17, 15) is 0 Å². The van der Waals surface area contributed by atoms with E-state index in [1.54, 1.807) is 0 Å². The molecule has 0 saturated heterocycles. The van der Waals surface area contributed by atoms with Gasteiger partial charge in [0, 0.05) is 26.2 Å². The second-order valence-corrected chi connectivity index (χ2v) is 4.95. The van der Waals surface area contributed by atoms with Gasteiger partial charge in [-0.05, 0) is 18.2 Å². The molecule has 19 heavy (non-hydrogen) atoms. The molecule has 1 N–H and O–H groups in total. The van der Waals surface area contributed by atoms with Crippen molar-refractivity contribution in [1.29, 1.82) is 0 Å². The second-order valence-electron chi connectivity index (χ2n) is 4.95. The molecule has 0 atom stereocenters. The van der Waals surface area contributed by atoms with Gasteiger partial charge in [0.2, 0.25) is 0 Å². The van der Waals surface area contributed by atoms with Crippen LogP contribution in [0.25, 0.3) is 0 Å². The summed E-state index contributed by atoms with van der Waals surface area (Å²) < 4.78 is 2.13. The maximum Gasteiger partial charge on any atom is 0.147 e. The van der Waals surface area contributed by atoms with Crippen molar-refractivity contribution >= 4 is 0 Å². The fourth-order valence-electron chi connectivity index (χ4n) is 2.57. The monoisotopic (exact) mass is 257 g/mol. The number of hydrogen-bond donors (Lipinski definition) is 1. The van der Waals surface area contributed by atoms with Crippen LogP contribution in [-0.4, -0.2) is 33.3 Å². The van der Waals surface area contributed by atoms with E-state index < -0.39 is 0 Å². The first kappa shape index (κ1) is 12.3. The van der Waals surface area contributed by atoms with Crippen LogP contribution >= 0.6 is 0 Å². The van der Waals surface area contributed by atoms with Crippen molar-refractivity contribution in [2.24, 2.45) is 0 Å². The van der Waals surface area contributed by atoms with Crippen molar-refractivity contribution in [2.75, 3.05) is 13.6 Å². The minimum Gasteiger partial charge on any atom is -0.316 e. The molecule has 0 amide bonds. The van der Waals surface area contributed by atoms with Gasteiger partial charge in [-0.15, -0.1) is 10.2 Å². The molecule has 2 aromatic rings. The van der Waals surface area contributed by atoms with Gasteiger partial charge in [-0.2, -0.15) is 0 Å². The van der Waals surface area contributed by atoms with Crippen LogP contribution in [0.3, 0.4) is 0 Å². The lowest BCUT2D eigenvalue weighted by Gasteiger charge is -2.27. The van der Waals surface area contributed by atoms with E-state index in [0.717, 1.165) is 38.5 Å². The Morgan fingerprint density at radius 1 is 1.21 bits per heavy atom. The molecular weight excluding hydrogens is 238 g/mol. The maximum atomic E-state index is 4.17. The molecule has 1 aliphatic heterocycles. The zero-order valence-corrected chi connectivity index (χ0v) is 11.2. The molecule has 1 aromatic heterocycles. The number of nitrogens with one attached hydrogen (secondary N) is 1. The Balaban J connectivity index is 1.72. The van der Waals surface area contributed by atoms with Gasteiger partial charge in [0.1, 0.15) is 12.2 Å². The first-order valence-electron chi connectivity index (χ1n) is 6.67. The molecule has 2 heterocycles. The molecule has 100 valence electrons. The molecule has 1 aliphatic rings. The van der Waals surface area contributed by atoms with Gasteiger partial charge < -0.3 is 9.88 Å². The average Bonchev–Trinajstić information content (AvgIpc) is 2.89. The third-order valence-electron chi connectivity index (χ3n) is 3.60. The summed E-state index contributed by atoms with van der Waals surface area (Å²) in [4.78, 5) is 2.43. The number of fused-ring (bicyclic) bond motifs is 1. The lowest BCUT2D eigenvalue weighted by Crippen LogP contribution is -2.33. The minimum absolute atomic E-state index is 0.883. The lowest BCUT2D eigenvalue weighted by molar-refractivity contribution is 0.208. The van der Waals surface area contributed by atoms with E-state index in [1.165, 1.54) is 11.1 Å². The molecule has 0 aliphatic carbocycles. The summed E-state index contributed by atoms with van der Waals surface area (Å²) in [6.07, 6.45) is 1.82. The molecule has 5 heteroatoms. The SMILES string of the molecule is CNCc1ccccc1CN1CCn2cnnc2C1. The molecular formula is C14H19N5. The fraction of sp³-hybridized carbons (Fsp3) is 0.429. The maximum absolute atomic E-state index is 4.17. The Morgan fingerprint density at radius 2 is 2.05 bits per heavy atom. The summed E-state index contributed by atoms with van der Waals surface area (Å²) in [5.41, 5.74) is 2.77. The number of benzene rings is 1. The zero-order valence-electron chi connectivity index (χ0n) is 11.2. The normalized spacial score (nSPS) is 15.4. The molecule has 0 unspecified atom stereocenters. The van der Waals surface area contributed by atoms with Crippen molar-refractivity contribution in [3.05, 3.63) is 47.5 Å². The highest BCUT2D eigenvalue weighted by atomic mass is 15.3. The Hall–Kier alpha value is -1.72. The highest BCUT2D eigenvalue weighted by Crippen LogP contribution is 2.16. The smallest absolute Gasteiger partial charge is 0.147 e. The van der Waals surface area contributed by atoms with Crippen LogP contribution in [0.1, 0.15) is 17.0 Å². The van der Waals surface area contributed by atoms with Crippen LogP contribution in [-0.2, 0) is 26.2 Å². The van der Waals surface area contributed by atoms with Crippen molar-refractivity contribution in [2.45, 2.75) is 26.2 Å². The molecule has 5 nitrogen and oxygen atoms in total. The van der Waals surface area contributed by atoms with E-state index in [1.807, 2.05) is 13.4 Å². The summed E-state index contributed by atoms with van der Waals surface area (Å²) in [6, 6.07) is 8.62. The van der Waals surface area contributed by atoms with Crippen LogP contribution in [0.5, 0.6) is 0 Å². The third kappa shape index (κ3) is 2.67. The van der Waals surface area contributed by atoms with Gasteiger partial charge in [-0.25, -0.2) is 0 Å². The lowest BCUT2D eigenvalue weighted by atomic mass is 10.1. The Bertz CT molecular complexity index is 548. The topological polar surface area (TPSA) is 46.0 Å². The summed E-state index contributed by atoms with van der Waals surface area (Å²) in [6.45, 7) is 4.81. The molecule has 0 fully saturated rings. The molecule has 1 aromatic carbocycles. The molecule has 0 bridgehead atoms. The number of aromatic nitrogens is 3. The molecule has 0 spiro atoms. The van der Waals surface area contributed by atoms with Gasteiger partial charge in [0.05, 0.1) is 6.54 Å². The van der Waals surface area contributed by atoms with Crippen molar-refractivity contribution in [3.8, 4) is 0 Å². The summed E-state index contributed by atoms with van der Waals surface area (Å²) >= 11 is 0. The first-order valence-corrected chi connectivity index (χ1v) is 6.67. The quantitative estimate of drug-likeness (QED) is 0.888. The minimum atomic E-state index is 0.883. The van der Waals surface area contributed by atoms with Gasteiger partial charge in [-0.3, -0.25) is 4.90 Å². The van der Waals surface area contributed by atoms with Crippen LogP contribution in [0, 0.1) is 0 Å². The number of hydrogen-bond acceptors (Lipinski definition) is 4. The van der Waals surface area contributed by atoms with E-state index in [-0.39, 0.29) is 0 Å². The van der Waals surface area contributed by atoms with E-state index >= 15 is 0 Å². The first-order chi connectivity index (χ1) is 9.36. The Labute approximate surface area is 113 Å². The van der Waals surface area contributed by atoms with Crippen LogP contribution in [0.2, 0.25) is 0 Å². The molecule has 0 saturated carbocycles. The highest BCUT2D eigenvalue weighted by molar-refractivity contribution is 5.27. The van der Waals surface area contributed by atoms with Crippen molar-refractivity contribution in [1.82, 2.24) is 25.0 Å². The van der Waals surface area contributed by atoms with Gasteiger partial charge >= 0.3 is 0 Å². The highest BCUT2D eigenvalue weighted by Gasteiger charge is 2.18. The van der Waals surface area contributed by atoms with Crippen LogP contribution in [0.15, 0.2) is 30.6 Å². The van der Waals surface area contributed by atoms with Crippen molar-refractivity contribution < 1.29 is 0 Å². The van der Waals surface area contributed by atoms with Gasteiger partial charge in [0.15, 0.2) is 0 Å². The molecule has 3 rings (SSSR count). The van der Waals surface area contributed by atoms with E-state index in [4.69, 9.17) is 0 Å². The fourth-order valence-corrected chi connectivity index (χ4v) is 2.57. The largest absolute Gasteiger partial charge is 0.316 e.